The number of carbonyl (C=O) groups excluding carboxylic acids is 3. The fraction of sp³-hybridized carbons (Fsp3) is 0.241. The molecule has 1 spiro atoms. The van der Waals surface area contributed by atoms with E-state index in [1.165, 1.54) is 56.7 Å². The number of carboxylic acid groups (broad SMARTS) is 1. The Bertz CT molecular complexity index is 1510. The molecule has 2 heterocycles. The van der Waals surface area contributed by atoms with Crippen molar-refractivity contribution in [2.45, 2.75) is 31.3 Å². The smallest absolute Gasteiger partial charge is 0.340 e. The van der Waals surface area contributed by atoms with E-state index in [4.69, 9.17) is 18.9 Å². The van der Waals surface area contributed by atoms with Crippen molar-refractivity contribution < 1.29 is 53.4 Å². The predicted octanol–water partition coefficient (Wildman–Crippen LogP) is 3.58. The zero-order valence-corrected chi connectivity index (χ0v) is 21.5. The molecule has 5 rings (SSSR count). The number of fused-ring (bicyclic) bond motifs is 6. The summed E-state index contributed by atoms with van der Waals surface area (Å²) >= 11 is 0. The van der Waals surface area contributed by atoms with Gasteiger partial charge >= 0.3 is 23.9 Å². The molecule has 0 aliphatic carbocycles. The summed E-state index contributed by atoms with van der Waals surface area (Å²) in [6.45, 7) is 0. The van der Waals surface area contributed by atoms with Crippen molar-refractivity contribution in [3.63, 3.8) is 0 Å². The van der Waals surface area contributed by atoms with Crippen LogP contribution in [-0.4, -0.2) is 53.4 Å². The molecular formula is C29H24O11. The van der Waals surface area contributed by atoms with Crippen molar-refractivity contribution in [2.75, 3.05) is 14.2 Å². The molecule has 0 saturated carbocycles. The summed E-state index contributed by atoms with van der Waals surface area (Å²) in [7, 11) is 2.49. The van der Waals surface area contributed by atoms with Gasteiger partial charge in [-0.1, -0.05) is 0 Å². The van der Waals surface area contributed by atoms with Crippen molar-refractivity contribution in [2.24, 2.45) is 0 Å². The molecule has 0 saturated heterocycles. The van der Waals surface area contributed by atoms with Crippen LogP contribution in [0.2, 0.25) is 0 Å². The minimum atomic E-state index is -1.73. The largest absolute Gasteiger partial charge is 0.508 e. The first kappa shape index (κ1) is 26.5. The van der Waals surface area contributed by atoms with E-state index in [-0.39, 0.29) is 76.5 Å². The molecule has 2 aliphatic heterocycles. The Hall–Kier alpha value is -5.06. The number of aromatic hydroxyl groups is 2. The Morgan fingerprint density at radius 1 is 0.800 bits per heavy atom. The van der Waals surface area contributed by atoms with Gasteiger partial charge in [0.1, 0.15) is 23.0 Å². The summed E-state index contributed by atoms with van der Waals surface area (Å²) in [5.41, 5.74) is -0.274. The van der Waals surface area contributed by atoms with Gasteiger partial charge in [0.05, 0.1) is 25.3 Å². The Labute approximate surface area is 227 Å². The van der Waals surface area contributed by atoms with Crippen molar-refractivity contribution in [3.8, 4) is 23.0 Å². The average Bonchev–Trinajstić information content (AvgIpc) is 3.22. The maximum Gasteiger partial charge on any atom is 0.340 e. The van der Waals surface area contributed by atoms with E-state index in [1.807, 2.05) is 0 Å². The first-order valence-electron chi connectivity index (χ1n) is 12.2. The van der Waals surface area contributed by atoms with Gasteiger partial charge < -0.3 is 34.3 Å². The molecular weight excluding hydrogens is 524 g/mol. The number of phenols is 2. The molecule has 3 aromatic rings. The molecule has 40 heavy (non-hydrogen) atoms. The number of benzene rings is 3. The van der Waals surface area contributed by atoms with E-state index in [0.717, 1.165) is 0 Å². The lowest BCUT2D eigenvalue weighted by Gasteiger charge is -2.37. The van der Waals surface area contributed by atoms with E-state index in [0.29, 0.717) is 11.1 Å². The zero-order valence-electron chi connectivity index (χ0n) is 21.5. The number of aromatic carboxylic acids is 1. The molecule has 0 fully saturated rings. The standard InChI is InChI=1S/C29H24O11/c1-37-25(32)7-4-14-9-19-23(12-21(14)30)39-24-13-22(31)15(5-8-26(33)38-2)10-20(24)29(19)18-11-16(27(34)35)3-6-17(18)28(36)40-29/h3,6,9-13,30-31H,4-5,7-8H2,1-2H3,(H,34,35). The fourth-order valence-corrected chi connectivity index (χ4v) is 5.08. The third kappa shape index (κ3) is 4.25. The second kappa shape index (κ2) is 9.92. The normalized spacial score (nSPS) is 13.9. The number of ether oxygens (including phenoxy) is 4. The van der Waals surface area contributed by atoms with E-state index >= 15 is 0 Å². The van der Waals surface area contributed by atoms with E-state index in [2.05, 4.69) is 0 Å². The highest BCUT2D eigenvalue weighted by atomic mass is 16.6. The van der Waals surface area contributed by atoms with Crippen molar-refractivity contribution in [3.05, 3.63) is 81.4 Å². The lowest BCUT2D eigenvalue weighted by Crippen LogP contribution is -2.33. The van der Waals surface area contributed by atoms with Crippen LogP contribution in [0.5, 0.6) is 23.0 Å². The molecule has 0 atom stereocenters. The second-order valence-corrected chi connectivity index (χ2v) is 9.34. The Balaban J connectivity index is 1.77. The third-order valence-corrected chi connectivity index (χ3v) is 7.10. The van der Waals surface area contributed by atoms with E-state index in [9.17, 15) is 34.5 Å². The van der Waals surface area contributed by atoms with E-state index < -0.39 is 29.5 Å². The van der Waals surface area contributed by atoms with Crippen LogP contribution >= 0.6 is 0 Å². The highest BCUT2D eigenvalue weighted by Gasteiger charge is 2.54. The number of methoxy groups -OCH3 is 2. The summed E-state index contributed by atoms with van der Waals surface area (Å²) in [6, 6.07) is 9.68. The molecule has 2 aliphatic rings. The topological polar surface area (TPSA) is 166 Å². The van der Waals surface area contributed by atoms with Gasteiger partial charge in [-0.25, -0.2) is 9.59 Å². The summed E-state index contributed by atoms with van der Waals surface area (Å²) in [4.78, 5) is 48.7. The molecule has 0 aromatic heterocycles. The van der Waals surface area contributed by atoms with Gasteiger partial charge in [0.25, 0.3) is 0 Å². The van der Waals surface area contributed by atoms with Crippen LogP contribution in [0.1, 0.15) is 61.4 Å². The fourth-order valence-electron chi connectivity index (χ4n) is 5.08. The molecule has 0 amide bonds. The quantitative estimate of drug-likeness (QED) is 0.292. The summed E-state index contributed by atoms with van der Waals surface area (Å²) in [5.74, 6) is -3.14. The van der Waals surface area contributed by atoms with E-state index in [1.54, 1.807) is 0 Å². The van der Waals surface area contributed by atoms with Crippen LogP contribution in [0.3, 0.4) is 0 Å². The van der Waals surface area contributed by atoms with Gasteiger partial charge in [-0.2, -0.15) is 0 Å². The molecule has 206 valence electrons. The highest BCUT2D eigenvalue weighted by molar-refractivity contribution is 5.99. The van der Waals surface area contributed by atoms with Crippen LogP contribution in [-0.2, 0) is 42.2 Å². The number of carboxylic acids is 1. The number of phenolic OH excluding ortho intramolecular Hbond substituents is 2. The average molecular weight is 549 g/mol. The lowest BCUT2D eigenvalue weighted by atomic mass is 9.76. The van der Waals surface area contributed by atoms with Crippen LogP contribution in [0.25, 0.3) is 0 Å². The number of aryl methyl sites for hydroxylation is 2. The molecule has 0 bridgehead atoms. The number of hydrogen-bond donors (Lipinski definition) is 3. The minimum Gasteiger partial charge on any atom is -0.508 e. The van der Waals surface area contributed by atoms with Gasteiger partial charge in [-0.15, -0.1) is 0 Å². The minimum absolute atomic E-state index is 0.0433. The SMILES string of the molecule is COC(=O)CCc1cc2c(cc1O)Oc1cc(O)c(CCC(=O)OC)cc1C21OC(=O)c2ccc(C(=O)O)cc21. The maximum atomic E-state index is 13.2. The Morgan fingerprint density at radius 2 is 1.32 bits per heavy atom. The predicted molar refractivity (Wildman–Crippen MR) is 136 cm³/mol. The second-order valence-electron chi connectivity index (χ2n) is 9.34. The maximum absolute atomic E-state index is 13.2. The zero-order chi connectivity index (χ0) is 28.8. The van der Waals surface area contributed by atoms with Crippen molar-refractivity contribution in [1.29, 1.82) is 0 Å². The molecule has 0 unspecified atom stereocenters. The monoisotopic (exact) mass is 548 g/mol. The molecule has 11 heteroatoms. The number of carbonyl (C=O) groups is 4. The van der Waals surface area contributed by atoms with Gasteiger partial charge in [-0.3, -0.25) is 9.59 Å². The Kier molecular flexibility index (Phi) is 6.58. The van der Waals surface area contributed by atoms with Crippen molar-refractivity contribution >= 4 is 23.9 Å². The third-order valence-electron chi connectivity index (χ3n) is 7.10. The Morgan fingerprint density at radius 3 is 1.80 bits per heavy atom. The van der Waals surface area contributed by atoms with Crippen LogP contribution in [0.15, 0.2) is 42.5 Å². The first-order valence-corrected chi connectivity index (χ1v) is 12.2. The molecule has 11 nitrogen and oxygen atoms in total. The molecule has 0 radical (unpaired) electrons. The molecule has 3 aromatic carbocycles. The summed E-state index contributed by atoms with van der Waals surface area (Å²) < 4.78 is 21.5. The summed E-state index contributed by atoms with van der Waals surface area (Å²) in [5, 5.41) is 31.2. The number of rotatable bonds is 7. The highest BCUT2D eigenvalue weighted by Crippen LogP contribution is 2.58. The molecule has 3 N–H and O–H groups in total. The van der Waals surface area contributed by atoms with Gasteiger partial charge in [0.15, 0.2) is 5.60 Å². The van der Waals surface area contributed by atoms with Crippen molar-refractivity contribution in [1.82, 2.24) is 0 Å². The van der Waals surface area contributed by atoms with Crippen LogP contribution in [0, 0.1) is 0 Å². The first-order chi connectivity index (χ1) is 19.1. The summed E-state index contributed by atoms with van der Waals surface area (Å²) in [6.07, 6.45) is 0.0893. The number of hydrogen-bond acceptors (Lipinski definition) is 10. The number of esters is 3. The van der Waals surface area contributed by atoms with Gasteiger partial charge in [-0.05, 0) is 54.3 Å². The van der Waals surface area contributed by atoms with Gasteiger partial charge in [0.2, 0.25) is 0 Å². The van der Waals surface area contributed by atoms with Crippen LogP contribution in [0.4, 0.5) is 0 Å². The van der Waals surface area contributed by atoms with Gasteiger partial charge in [0, 0.05) is 41.7 Å². The lowest BCUT2D eigenvalue weighted by molar-refractivity contribution is -0.141. The van der Waals surface area contributed by atoms with Crippen LogP contribution < -0.4 is 4.74 Å².